The Balaban J connectivity index is 1.42. The monoisotopic (exact) mass is 851 g/mol. The van der Waals surface area contributed by atoms with E-state index in [4.69, 9.17) is 0 Å². The number of hydrogen-bond acceptors (Lipinski definition) is 0. The molecule has 0 bridgehead atoms. The van der Waals surface area contributed by atoms with Gasteiger partial charge < -0.3 is 0 Å². The third-order valence-electron chi connectivity index (χ3n) is 14.2. The van der Waals surface area contributed by atoms with Gasteiger partial charge in [0.15, 0.2) is 0 Å². The zero-order chi connectivity index (χ0) is 42.1. The number of benzene rings is 4. The van der Waals surface area contributed by atoms with Crippen molar-refractivity contribution in [3.63, 3.8) is 0 Å². The molecular weight excluding hydrogens is 759 g/mol. The summed E-state index contributed by atoms with van der Waals surface area (Å²) in [5.74, 6) is 0. The molecule has 0 heterocycles. The molecule has 4 aromatic rings. The van der Waals surface area contributed by atoms with Crippen LogP contribution in [-0.4, -0.2) is 24.6 Å². The molecular formula is C58H92P2. The standard InChI is InChI=1S/C58H92P2/c1-3-5-7-9-11-13-15-17-19-21-23-25-27-41-51-59(55-43-33-29-34-44-55,56-45-35-30-36-46-56)53-54-60(57-47-37-31-38-48-57,58-49-39-32-40-50-58)52-42-28-26-24-22-20-18-16-14-12-10-8-6-4-2/h29-40,43-50,59-60H,3-28,41-42,51-54H2,1-2H3. The second kappa shape index (κ2) is 32.4. The quantitative estimate of drug-likeness (QED) is 0.0313. The fourth-order valence-corrected chi connectivity index (χ4v) is 22.4. The molecule has 0 aromatic heterocycles. The molecule has 334 valence electrons. The van der Waals surface area contributed by atoms with E-state index in [0.717, 1.165) is 0 Å². The topological polar surface area (TPSA) is 0 Å². The molecule has 0 N–H and O–H groups in total. The van der Waals surface area contributed by atoms with Gasteiger partial charge >= 0.3 is 323 Å². The molecule has 0 nitrogen and oxygen atoms in total. The molecule has 0 saturated heterocycles. The Morgan fingerprint density at radius 2 is 0.400 bits per heavy atom. The van der Waals surface area contributed by atoms with Crippen molar-refractivity contribution in [2.75, 3.05) is 24.6 Å². The van der Waals surface area contributed by atoms with Gasteiger partial charge in [-0.3, -0.25) is 0 Å². The first-order valence-electron chi connectivity index (χ1n) is 26.0. The van der Waals surface area contributed by atoms with E-state index in [2.05, 4.69) is 135 Å². The van der Waals surface area contributed by atoms with E-state index in [1.807, 2.05) is 0 Å². The predicted molar refractivity (Wildman–Crippen MR) is 281 cm³/mol. The summed E-state index contributed by atoms with van der Waals surface area (Å²) in [5, 5.41) is 6.63. The van der Waals surface area contributed by atoms with Crippen molar-refractivity contribution in [2.24, 2.45) is 0 Å². The molecule has 0 aliphatic rings. The van der Waals surface area contributed by atoms with Gasteiger partial charge in [-0.2, -0.15) is 0 Å². The van der Waals surface area contributed by atoms with Crippen molar-refractivity contribution in [1.82, 2.24) is 0 Å². The normalized spacial score (nSPS) is 12.5. The summed E-state index contributed by atoms with van der Waals surface area (Å²) >= 11 is 0. The molecule has 0 fully saturated rings. The first-order valence-corrected chi connectivity index (χ1v) is 30.8. The summed E-state index contributed by atoms with van der Waals surface area (Å²) in [6, 6.07) is 47.8. The molecule has 2 heteroatoms. The first kappa shape index (κ1) is 50.4. The minimum absolute atomic E-state index is 1.34. The van der Waals surface area contributed by atoms with Crippen LogP contribution < -0.4 is 21.2 Å². The minimum atomic E-state index is -2.08. The van der Waals surface area contributed by atoms with Crippen LogP contribution >= 0.6 is 14.5 Å². The molecule has 0 saturated carbocycles. The molecule has 60 heavy (non-hydrogen) atoms. The summed E-state index contributed by atoms with van der Waals surface area (Å²) in [6.45, 7) is 4.63. The van der Waals surface area contributed by atoms with Crippen LogP contribution in [0.4, 0.5) is 0 Å². The second-order valence-corrected chi connectivity index (χ2v) is 27.5. The van der Waals surface area contributed by atoms with Crippen molar-refractivity contribution in [2.45, 2.75) is 194 Å². The van der Waals surface area contributed by atoms with Gasteiger partial charge in [-0.25, -0.2) is 0 Å². The maximum atomic E-state index is 2.52. The summed E-state index contributed by atoms with van der Waals surface area (Å²) in [5.41, 5.74) is 0. The molecule has 0 aliphatic carbocycles. The van der Waals surface area contributed by atoms with E-state index < -0.39 is 14.5 Å². The fourth-order valence-electron chi connectivity index (χ4n) is 10.4. The Bertz CT molecular complexity index is 1340. The Labute approximate surface area is 373 Å². The molecule has 4 rings (SSSR count). The molecule has 4 aromatic carbocycles. The third-order valence-corrected chi connectivity index (χ3v) is 25.1. The van der Waals surface area contributed by atoms with Crippen LogP contribution in [0.5, 0.6) is 0 Å². The molecule has 0 atom stereocenters. The van der Waals surface area contributed by atoms with Crippen molar-refractivity contribution in [3.8, 4) is 0 Å². The number of hydrogen-bond donors (Lipinski definition) is 0. The molecule has 0 unspecified atom stereocenters. The molecule has 0 spiro atoms. The van der Waals surface area contributed by atoms with Gasteiger partial charge in [0.05, 0.1) is 0 Å². The van der Waals surface area contributed by atoms with E-state index in [0.29, 0.717) is 0 Å². The predicted octanol–water partition coefficient (Wildman–Crippen LogP) is 16.8. The SMILES string of the molecule is CCCCCCCCCCCCCCCC[PH](CC[PH](CCCCCCCCCCCCCCCC)(c1ccccc1)c1ccccc1)(c1ccccc1)c1ccccc1. The van der Waals surface area contributed by atoms with Crippen LogP contribution in [0.2, 0.25) is 0 Å². The van der Waals surface area contributed by atoms with Gasteiger partial charge in [-0.05, 0) is 0 Å². The Kier molecular flexibility index (Phi) is 27.2. The van der Waals surface area contributed by atoms with Crippen LogP contribution in [0.25, 0.3) is 0 Å². The van der Waals surface area contributed by atoms with Gasteiger partial charge in [0.2, 0.25) is 0 Å². The van der Waals surface area contributed by atoms with Crippen molar-refractivity contribution >= 4 is 35.7 Å². The van der Waals surface area contributed by atoms with Crippen molar-refractivity contribution in [1.29, 1.82) is 0 Å². The molecule has 0 aliphatic heterocycles. The van der Waals surface area contributed by atoms with Gasteiger partial charge in [0.1, 0.15) is 0 Å². The van der Waals surface area contributed by atoms with E-state index in [1.165, 1.54) is 204 Å². The summed E-state index contributed by atoms with van der Waals surface area (Å²) < 4.78 is 0. The Hall–Kier alpha value is -2.26. The fraction of sp³-hybridized carbons (Fsp3) is 0.586. The van der Waals surface area contributed by atoms with Crippen LogP contribution in [-0.2, 0) is 0 Å². The molecule has 0 amide bonds. The number of unbranched alkanes of at least 4 members (excludes halogenated alkanes) is 26. The van der Waals surface area contributed by atoms with Gasteiger partial charge in [0.25, 0.3) is 0 Å². The van der Waals surface area contributed by atoms with Crippen LogP contribution in [0.15, 0.2) is 121 Å². The van der Waals surface area contributed by atoms with E-state index in [1.54, 1.807) is 21.2 Å². The van der Waals surface area contributed by atoms with Crippen LogP contribution in [0.3, 0.4) is 0 Å². The van der Waals surface area contributed by atoms with E-state index in [-0.39, 0.29) is 0 Å². The first-order chi connectivity index (χ1) is 29.7. The molecule has 0 radical (unpaired) electrons. The zero-order valence-corrected chi connectivity index (χ0v) is 41.2. The summed E-state index contributed by atoms with van der Waals surface area (Å²) in [7, 11) is -4.16. The van der Waals surface area contributed by atoms with Crippen molar-refractivity contribution in [3.05, 3.63) is 121 Å². The average molecular weight is 851 g/mol. The van der Waals surface area contributed by atoms with Gasteiger partial charge in [0, 0.05) is 0 Å². The Morgan fingerprint density at radius 3 is 0.600 bits per heavy atom. The van der Waals surface area contributed by atoms with Gasteiger partial charge in [-0.1, -0.05) is 52.4 Å². The summed E-state index contributed by atoms with van der Waals surface area (Å²) in [6.07, 6.45) is 45.2. The van der Waals surface area contributed by atoms with E-state index >= 15 is 0 Å². The average Bonchev–Trinajstić information content (AvgIpc) is 3.30. The Morgan fingerprint density at radius 1 is 0.217 bits per heavy atom. The van der Waals surface area contributed by atoms with Gasteiger partial charge in [-0.15, -0.1) is 0 Å². The van der Waals surface area contributed by atoms with Crippen molar-refractivity contribution < 1.29 is 0 Å². The zero-order valence-electron chi connectivity index (χ0n) is 39.2. The van der Waals surface area contributed by atoms with Crippen LogP contribution in [0.1, 0.15) is 194 Å². The van der Waals surface area contributed by atoms with Crippen LogP contribution in [0, 0.1) is 0 Å². The number of rotatable bonds is 37. The second-order valence-electron chi connectivity index (χ2n) is 18.8. The van der Waals surface area contributed by atoms with E-state index in [9.17, 15) is 0 Å². The maximum absolute atomic E-state index is 2.52. The summed E-state index contributed by atoms with van der Waals surface area (Å²) in [4.78, 5) is 0. The third kappa shape index (κ3) is 18.6.